The molecular formula is C11H15NO4. The van der Waals surface area contributed by atoms with Crippen LogP contribution in [0.3, 0.4) is 0 Å². The van der Waals surface area contributed by atoms with Crippen molar-refractivity contribution in [3.8, 4) is 11.5 Å². The number of benzene rings is 1. The summed E-state index contributed by atoms with van der Waals surface area (Å²) in [4.78, 5) is 11.2. The van der Waals surface area contributed by atoms with Crippen LogP contribution in [0.2, 0.25) is 0 Å². The van der Waals surface area contributed by atoms with Crippen molar-refractivity contribution >= 4 is 5.78 Å². The number of ether oxygens (including phenoxy) is 1. The maximum absolute atomic E-state index is 11.2. The summed E-state index contributed by atoms with van der Waals surface area (Å²) in [6, 6.07) is 4.32. The zero-order valence-corrected chi connectivity index (χ0v) is 9.01. The molecule has 0 aliphatic heterocycles. The second-order valence-corrected chi connectivity index (χ2v) is 3.47. The van der Waals surface area contributed by atoms with E-state index < -0.39 is 6.10 Å². The molecule has 4 N–H and O–H groups in total. The lowest BCUT2D eigenvalue weighted by Gasteiger charge is -2.09. The Labute approximate surface area is 93.5 Å². The van der Waals surface area contributed by atoms with Crippen LogP contribution in [0.1, 0.15) is 17.3 Å². The molecule has 0 fully saturated rings. The predicted molar refractivity (Wildman–Crippen MR) is 58.7 cm³/mol. The number of aliphatic hydroxyl groups is 1. The molecule has 0 saturated heterocycles. The van der Waals surface area contributed by atoms with E-state index in [0.29, 0.717) is 5.75 Å². The van der Waals surface area contributed by atoms with Gasteiger partial charge in [0.15, 0.2) is 5.78 Å². The van der Waals surface area contributed by atoms with Crippen molar-refractivity contribution < 1.29 is 19.7 Å². The number of phenols is 1. The lowest BCUT2D eigenvalue weighted by atomic mass is 10.1. The second kappa shape index (κ2) is 5.48. The minimum Gasteiger partial charge on any atom is -0.507 e. The van der Waals surface area contributed by atoms with Crippen LogP contribution in [0.15, 0.2) is 18.2 Å². The highest BCUT2D eigenvalue weighted by Gasteiger charge is 2.10. The third-order valence-electron chi connectivity index (χ3n) is 1.95. The van der Waals surface area contributed by atoms with Crippen LogP contribution in [-0.2, 0) is 0 Å². The molecule has 5 heteroatoms. The van der Waals surface area contributed by atoms with Crippen LogP contribution in [0.25, 0.3) is 0 Å². The Morgan fingerprint density at radius 3 is 2.75 bits per heavy atom. The van der Waals surface area contributed by atoms with Gasteiger partial charge in [0.1, 0.15) is 18.1 Å². The molecule has 1 aromatic carbocycles. The number of aromatic hydroxyl groups is 1. The average Bonchev–Trinajstić information content (AvgIpc) is 2.25. The molecule has 0 aliphatic rings. The number of hydrogen-bond donors (Lipinski definition) is 3. The van der Waals surface area contributed by atoms with Gasteiger partial charge in [-0.1, -0.05) is 0 Å². The van der Waals surface area contributed by atoms with Crippen molar-refractivity contribution in [3.05, 3.63) is 23.8 Å². The highest BCUT2D eigenvalue weighted by molar-refractivity contribution is 6.00. The van der Waals surface area contributed by atoms with Gasteiger partial charge in [-0.25, -0.2) is 0 Å². The molecule has 0 radical (unpaired) electrons. The molecule has 0 spiro atoms. The summed E-state index contributed by atoms with van der Waals surface area (Å²) in [5, 5.41) is 18.5. The smallest absolute Gasteiger partial charge is 0.180 e. The molecule has 16 heavy (non-hydrogen) atoms. The lowest BCUT2D eigenvalue weighted by molar-refractivity contribution is 0.0998. The van der Waals surface area contributed by atoms with Gasteiger partial charge >= 0.3 is 0 Å². The van der Waals surface area contributed by atoms with E-state index in [0.717, 1.165) is 0 Å². The van der Waals surface area contributed by atoms with Crippen LogP contribution < -0.4 is 10.5 Å². The molecule has 88 valence electrons. The highest BCUT2D eigenvalue weighted by Crippen LogP contribution is 2.23. The number of phenolic OH excluding ortho intramolecular Hbond substituents is 1. The Balaban J connectivity index is 2.78. The Kier molecular flexibility index (Phi) is 4.28. The Morgan fingerprint density at radius 1 is 1.56 bits per heavy atom. The standard InChI is InChI=1S/C11H15NO4/c1-7(13)6-16-8-2-3-9(10(14)4-8)11(15)5-12/h2-4,7,13-14H,5-6,12H2,1H3. The van der Waals surface area contributed by atoms with Crippen molar-refractivity contribution in [1.82, 2.24) is 0 Å². The molecule has 0 bridgehead atoms. The van der Waals surface area contributed by atoms with Gasteiger partial charge in [0, 0.05) is 6.07 Å². The molecule has 1 aromatic rings. The predicted octanol–water partition coefficient (Wildman–Crippen LogP) is 0.293. The summed E-state index contributed by atoms with van der Waals surface area (Å²) in [7, 11) is 0. The molecule has 5 nitrogen and oxygen atoms in total. The monoisotopic (exact) mass is 225 g/mol. The van der Waals surface area contributed by atoms with Gasteiger partial charge in [0.05, 0.1) is 18.2 Å². The first-order valence-corrected chi connectivity index (χ1v) is 4.91. The number of Topliss-reactive ketones (excluding diaryl/α,β-unsaturated/α-hetero) is 1. The quantitative estimate of drug-likeness (QED) is 0.626. The number of nitrogens with two attached hydrogens (primary N) is 1. The largest absolute Gasteiger partial charge is 0.507 e. The van der Waals surface area contributed by atoms with Crippen molar-refractivity contribution in [2.45, 2.75) is 13.0 Å². The Bertz CT molecular complexity index is 376. The molecule has 0 aliphatic carbocycles. The number of carbonyl (C=O) groups is 1. The van der Waals surface area contributed by atoms with Crippen LogP contribution in [0, 0.1) is 0 Å². The van der Waals surface area contributed by atoms with Crippen molar-refractivity contribution in [1.29, 1.82) is 0 Å². The summed E-state index contributed by atoms with van der Waals surface area (Å²) >= 11 is 0. The lowest BCUT2D eigenvalue weighted by Crippen LogP contribution is -2.14. The molecule has 0 saturated carbocycles. The maximum atomic E-state index is 11.2. The summed E-state index contributed by atoms with van der Waals surface area (Å²) in [5.74, 6) is -0.106. The molecule has 0 amide bonds. The molecule has 1 unspecified atom stereocenters. The van der Waals surface area contributed by atoms with E-state index in [1.807, 2.05) is 0 Å². The fourth-order valence-corrected chi connectivity index (χ4v) is 1.16. The third-order valence-corrected chi connectivity index (χ3v) is 1.95. The number of aliphatic hydroxyl groups excluding tert-OH is 1. The van der Waals surface area contributed by atoms with Gasteiger partial charge in [0.2, 0.25) is 0 Å². The van der Waals surface area contributed by atoms with E-state index in [9.17, 15) is 9.90 Å². The van der Waals surface area contributed by atoms with Gasteiger partial charge in [-0.2, -0.15) is 0 Å². The highest BCUT2D eigenvalue weighted by atomic mass is 16.5. The SMILES string of the molecule is CC(O)COc1ccc(C(=O)CN)c(O)c1. The molecule has 0 heterocycles. The van der Waals surface area contributed by atoms with E-state index >= 15 is 0 Å². The van der Waals surface area contributed by atoms with Gasteiger partial charge in [-0.05, 0) is 19.1 Å². The molecule has 1 atom stereocenters. The van der Waals surface area contributed by atoms with Gasteiger partial charge in [0.25, 0.3) is 0 Å². The number of hydrogen-bond acceptors (Lipinski definition) is 5. The van der Waals surface area contributed by atoms with Crippen molar-refractivity contribution in [2.24, 2.45) is 5.73 Å². The van der Waals surface area contributed by atoms with E-state index in [1.54, 1.807) is 13.0 Å². The van der Waals surface area contributed by atoms with E-state index in [-0.39, 0.29) is 30.2 Å². The zero-order chi connectivity index (χ0) is 12.1. The fourth-order valence-electron chi connectivity index (χ4n) is 1.16. The topological polar surface area (TPSA) is 92.8 Å². The number of ketones is 1. The summed E-state index contributed by atoms with van der Waals surface area (Å²) in [5.41, 5.74) is 5.36. The minimum atomic E-state index is -0.590. The first kappa shape index (κ1) is 12.5. The van der Waals surface area contributed by atoms with Crippen LogP contribution in [0.4, 0.5) is 0 Å². The van der Waals surface area contributed by atoms with Crippen molar-refractivity contribution in [3.63, 3.8) is 0 Å². The van der Waals surface area contributed by atoms with Crippen molar-refractivity contribution in [2.75, 3.05) is 13.2 Å². The average molecular weight is 225 g/mol. The maximum Gasteiger partial charge on any atom is 0.180 e. The molecule has 1 rings (SSSR count). The first-order valence-electron chi connectivity index (χ1n) is 4.91. The van der Waals surface area contributed by atoms with Gasteiger partial charge < -0.3 is 20.7 Å². The third kappa shape index (κ3) is 3.22. The normalized spacial score (nSPS) is 12.2. The van der Waals surface area contributed by atoms with Crippen LogP contribution in [-0.4, -0.2) is 35.3 Å². The summed E-state index contributed by atoms with van der Waals surface area (Å²) in [6.45, 7) is 1.57. The van der Waals surface area contributed by atoms with E-state index in [4.69, 9.17) is 15.6 Å². The number of carbonyl (C=O) groups excluding carboxylic acids is 1. The Hall–Kier alpha value is -1.59. The van der Waals surface area contributed by atoms with Gasteiger partial charge in [-0.15, -0.1) is 0 Å². The van der Waals surface area contributed by atoms with Gasteiger partial charge in [-0.3, -0.25) is 4.79 Å². The Morgan fingerprint density at radius 2 is 2.25 bits per heavy atom. The minimum absolute atomic E-state index is 0.129. The van der Waals surface area contributed by atoms with E-state index in [2.05, 4.69) is 0 Å². The molecule has 0 aromatic heterocycles. The summed E-state index contributed by atoms with van der Waals surface area (Å²) < 4.78 is 5.16. The number of rotatable bonds is 5. The van der Waals surface area contributed by atoms with E-state index in [1.165, 1.54) is 12.1 Å². The second-order valence-electron chi connectivity index (χ2n) is 3.47. The molecular weight excluding hydrogens is 210 g/mol. The fraction of sp³-hybridized carbons (Fsp3) is 0.364. The first-order chi connectivity index (χ1) is 7.54. The summed E-state index contributed by atoms with van der Waals surface area (Å²) in [6.07, 6.45) is -0.590. The van der Waals surface area contributed by atoms with Crippen LogP contribution in [0.5, 0.6) is 11.5 Å². The zero-order valence-electron chi connectivity index (χ0n) is 9.01. The van der Waals surface area contributed by atoms with Crippen LogP contribution >= 0.6 is 0 Å².